The summed E-state index contributed by atoms with van der Waals surface area (Å²) in [6, 6.07) is 8.80. The zero-order chi connectivity index (χ0) is 14.1. The van der Waals surface area contributed by atoms with E-state index in [1.165, 1.54) is 25.7 Å². The molecule has 3 nitrogen and oxygen atoms in total. The van der Waals surface area contributed by atoms with Crippen LogP contribution in [-0.4, -0.2) is 18.5 Å². The highest BCUT2D eigenvalue weighted by molar-refractivity contribution is 9.10. The molecule has 0 saturated heterocycles. The molecule has 3 rings (SSSR count). The molecule has 1 aliphatic carbocycles. The van der Waals surface area contributed by atoms with Crippen LogP contribution in [0.15, 0.2) is 33.7 Å². The molecule has 0 spiro atoms. The Morgan fingerprint density at radius 1 is 1.25 bits per heavy atom. The van der Waals surface area contributed by atoms with E-state index in [2.05, 4.69) is 50.9 Å². The summed E-state index contributed by atoms with van der Waals surface area (Å²) in [5.41, 5.74) is 7.30. The maximum absolute atomic E-state index is 6.15. The average molecular weight is 336 g/mol. The number of halogens is 1. The molecular weight excluding hydrogens is 314 g/mol. The SMILES string of the molecule is CC1CCC(C2CN=C(N)N2c2cccc(Br)c2)CC1. The van der Waals surface area contributed by atoms with Crippen LogP contribution in [-0.2, 0) is 0 Å². The van der Waals surface area contributed by atoms with Gasteiger partial charge in [-0.25, -0.2) is 0 Å². The number of hydrogen-bond donors (Lipinski definition) is 1. The molecule has 2 N–H and O–H groups in total. The van der Waals surface area contributed by atoms with Gasteiger partial charge in [-0.1, -0.05) is 41.8 Å². The normalized spacial score (nSPS) is 30.4. The highest BCUT2D eigenvalue weighted by Crippen LogP contribution is 2.36. The Bertz CT molecular complexity index is 506. The van der Waals surface area contributed by atoms with Gasteiger partial charge in [0.05, 0.1) is 12.6 Å². The van der Waals surface area contributed by atoms with Crippen molar-refractivity contribution < 1.29 is 0 Å². The van der Waals surface area contributed by atoms with Crippen LogP contribution >= 0.6 is 15.9 Å². The minimum absolute atomic E-state index is 0.441. The summed E-state index contributed by atoms with van der Waals surface area (Å²) in [6.07, 6.45) is 5.29. The first-order valence-electron chi connectivity index (χ1n) is 7.50. The van der Waals surface area contributed by atoms with Crippen LogP contribution in [0, 0.1) is 11.8 Å². The Morgan fingerprint density at radius 2 is 2.00 bits per heavy atom. The predicted octanol–water partition coefficient (Wildman–Crippen LogP) is 3.78. The quantitative estimate of drug-likeness (QED) is 0.893. The van der Waals surface area contributed by atoms with Gasteiger partial charge in [-0.3, -0.25) is 4.99 Å². The van der Waals surface area contributed by atoms with E-state index in [1.807, 2.05) is 6.07 Å². The summed E-state index contributed by atoms with van der Waals surface area (Å²) in [7, 11) is 0. The van der Waals surface area contributed by atoms with Gasteiger partial charge < -0.3 is 10.6 Å². The van der Waals surface area contributed by atoms with E-state index in [0.717, 1.165) is 28.5 Å². The van der Waals surface area contributed by atoms with Crippen molar-refractivity contribution >= 4 is 27.6 Å². The number of nitrogens with two attached hydrogens (primary N) is 1. The summed E-state index contributed by atoms with van der Waals surface area (Å²) >= 11 is 3.55. The summed E-state index contributed by atoms with van der Waals surface area (Å²) in [4.78, 5) is 6.75. The number of rotatable bonds is 2. The maximum atomic E-state index is 6.15. The number of hydrogen-bond acceptors (Lipinski definition) is 3. The van der Waals surface area contributed by atoms with Crippen LogP contribution in [0.4, 0.5) is 5.69 Å². The molecule has 1 unspecified atom stereocenters. The van der Waals surface area contributed by atoms with Crippen LogP contribution in [0.25, 0.3) is 0 Å². The minimum Gasteiger partial charge on any atom is -0.370 e. The molecule has 1 heterocycles. The molecule has 0 bridgehead atoms. The minimum atomic E-state index is 0.441. The molecule has 0 amide bonds. The lowest BCUT2D eigenvalue weighted by Gasteiger charge is -2.36. The van der Waals surface area contributed by atoms with Gasteiger partial charge >= 0.3 is 0 Å². The lowest BCUT2D eigenvalue weighted by Crippen LogP contribution is -2.45. The summed E-state index contributed by atoms with van der Waals surface area (Å²) in [5, 5.41) is 0. The first kappa shape index (κ1) is 13.9. The third kappa shape index (κ3) is 2.71. The van der Waals surface area contributed by atoms with Gasteiger partial charge in [0.15, 0.2) is 5.96 Å². The predicted molar refractivity (Wildman–Crippen MR) is 88.0 cm³/mol. The zero-order valence-electron chi connectivity index (χ0n) is 11.9. The molecule has 4 heteroatoms. The molecule has 1 aromatic carbocycles. The largest absolute Gasteiger partial charge is 0.370 e. The first-order valence-corrected chi connectivity index (χ1v) is 8.29. The molecule has 2 aliphatic rings. The van der Waals surface area contributed by atoms with Crippen molar-refractivity contribution in [3.8, 4) is 0 Å². The van der Waals surface area contributed by atoms with Crippen molar-refractivity contribution in [1.29, 1.82) is 0 Å². The molecular formula is C16H22BrN3. The number of anilines is 1. The highest BCUT2D eigenvalue weighted by Gasteiger charge is 2.35. The smallest absolute Gasteiger partial charge is 0.196 e. The summed E-state index contributed by atoms with van der Waals surface area (Å²) < 4.78 is 1.09. The van der Waals surface area contributed by atoms with Crippen LogP contribution < -0.4 is 10.6 Å². The molecule has 108 valence electrons. The third-order valence-corrected chi connectivity index (χ3v) is 5.20. The molecule has 1 atom stereocenters. The fraction of sp³-hybridized carbons (Fsp3) is 0.562. The van der Waals surface area contributed by atoms with Gasteiger partial charge in [0.2, 0.25) is 0 Å². The Labute approximate surface area is 129 Å². The van der Waals surface area contributed by atoms with Gasteiger partial charge in [-0.05, 0) is 42.9 Å². The van der Waals surface area contributed by atoms with E-state index >= 15 is 0 Å². The average Bonchev–Trinajstić information content (AvgIpc) is 2.81. The molecule has 20 heavy (non-hydrogen) atoms. The van der Waals surface area contributed by atoms with Gasteiger partial charge in [-0.2, -0.15) is 0 Å². The summed E-state index contributed by atoms with van der Waals surface area (Å²) in [5.74, 6) is 2.27. The molecule has 1 aliphatic heterocycles. The summed E-state index contributed by atoms with van der Waals surface area (Å²) in [6.45, 7) is 3.21. The third-order valence-electron chi connectivity index (χ3n) is 4.71. The second-order valence-corrected chi connectivity index (χ2v) is 7.05. The lowest BCUT2D eigenvalue weighted by molar-refractivity contribution is 0.261. The molecule has 1 aromatic rings. The Morgan fingerprint density at radius 3 is 2.70 bits per heavy atom. The Kier molecular flexibility index (Phi) is 4.01. The van der Waals surface area contributed by atoms with Gasteiger partial charge in [0, 0.05) is 10.2 Å². The topological polar surface area (TPSA) is 41.6 Å². The Hall–Kier alpha value is -1.03. The molecule has 0 radical (unpaired) electrons. The van der Waals surface area contributed by atoms with Crippen molar-refractivity contribution in [2.24, 2.45) is 22.6 Å². The van der Waals surface area contributed by atoms with Gasteiger partial charge in [-0.15, -0.1) is 0 Å². The number of guanidine groups is 1. The number of aliphatic imine (C=N–C) groups is 1. The van der Waals surface area contributed by atoms with Crippen LogP contribution in [0.2, 0.25) is 0 Å². The van der Waals surface area contributed by atoms with Crippen molar-refractivity contribution in [3.05, 3.63) is 28.7 Å². The maximum Gasteiger partial charge on any atom is 0.196 e. The van der Waals surface area contributed by atoms with Crippen molar-refractivity contribution in [3.63, 3.8) is 0 Å². The van der Waals surface area contributed by atoms with Crippen LogP contribution in [0.3, 0.4) is 0 Å². The standard InChI is InChI=1S/C16H22BrN3/c1-11-5-7-12(8-6-11)15-10-19-16(18)20(15)14-4-2-3-13(17)9-14/h2-4,9,11-12,15H,5-8,10H2,1H3,(H2,18,19). The fourth-order valence-corrected chi connectivity index (χ4v) is 3.88. The highest BCUT2D eigenvalue weighted by atomic mass is 79.9. The van der Waals surface area contributed by atoms with Crippen molar-refractivity contribution in [2.45, 2.75) is 38.6 Å². The van der Waals surface area contributed by atoms with Gasteiger partial charge in [0.25, 0.3) is 0 Å². The molecule has 0 aromatic heterocycles. The van der Waals surface area contributed by atoms with Crippen molar-refractivity contribution in [2.75, 3.05) is 11.4 Å². The monoisotopic (exact) mass is 335 g/mol. The lowest BCUT2D eigenvalue weighted by atomic mass is 9.79. The number of nitrogens with zero attached hydrogens (tertiary/aromatic N) is 2. The van der Waals surface area contributed by atoms with E-state index in [9.17, 15) is 0 Å². The van der Waals surface area contributed by atoms with E-state index in [1.54, 1.807) is 0 Å². The van der Waals surface area contributed by atoms with Crippen molar-refractivity contribution in [1.82, 2.24) is 0 Å². The number of benzene rings is 1. The van der Waals surface area contributed by atoms with E-state index in [-0.39, 0.29) is 0 Å². The Balaban J connectivity index is 1.81. The molecule has 1 saturated carbocycles. The second kappa shape index (κ2) is 5.76. The second-order valence-electron chi connectivity index (χ2n) is 6.14. The zero-order valence-corrected chi connectivity index (χ0v) is 13.5. The first-order chi connectivity index (χ1) is 9.65. The van der Waals surface area contributed by atoms with E-state index in [0.29, 0.717) is 12.0 Å². The fourth-order valence-electron chi connectivity index (χ4n) is 3.50. The van der Waals surface area contributed by atoms with Gasteiger partial charge in [0.1, 0.15) is 0 Å². The van der Waals surface area contributed by atoms with E-state index < -0.39 is 0 Å². The molecule has 1 fully saturated rings. The van der Waals surface area contributed by atoms with Crippen LogP contribution in [0.5, 0.6) is 0 Å². The van der Waals surface area contributed by atoms with E-state index in [4.69, 9.17) is 5.73 Å². The van der Waals surface area contributed by atoms with Crippen LogP contribution in [0.1, 0.15) is 32.6 Å².